The van der Waals surface area contributed by atoms with Gasteiger partial charge in [0.25, 0.3) is 5.91 Å². The molecule has 0 saturated carbocycles. The van der Waals surface area contributed by atoms with Crippen molar-refractivity contribution in [2.45, 2.75) is 12.5 Å². The lowest BCUT2D eigenvalue weighted by molar-refractivity contribution is -0.141. The van der Waals surface area contributed by atoms with Gasteiger partial charge >= 0.3 is 5.97 Å². The molecule has 2 aromatic rings. The molecule has 142 valence electrons. The summed E-state index contributed by atoms with van der Waals surface area (Å²) in [5.41, 5.74) is 0.648. The first kappa shape index (κ1) is 20.4. The highest BCUT2D eigenvalue weighted by Gasteiger charge is 2.21. The Bertz CT molecular complexity index is 844. The standard InChI is InChI=1S/C19H18ClFN2O4/c1-27-18(25)10-16(14-7-2-3-8-15(14)20)23-17(24)11-22-19(26)12-5-4-6-13(21)9-12/h2-9,16H,10-11H2,1H3,(H,22,26)(H,23,24). The lowest BCUT2D eigenvalue weighted by atomic mass is 10.0. The van der Waals surface area contributed by atoms with Crippen molar-refractivity contribution in [3.8, 4) is 0 Å². The minimum absolute atomic E-state index is 0.0972. The van der Waals surface area contributed by atoms with Gasteiger partial charge < -0.3 is 15.4 Å². The van der Waals surface area contributed by atoms with Gasteiger partial charge in [0.2, 0.25) is 5.91 Å². The molecular weight excluding hydrogens is 375 g/mol. The second-order valence-electron chi connectivity index (χ2n) is 5.61. The van der Waals surface area contributed by atoms with E-state index in [0.717, 1.165) is 6.07 Å². The van der Waals surface area contributed by atoms with Gasteiger partial charge in [-0.25, -0.2) is 4.39 Å². The molecule has 0 aromatic heterocycles. The van der Waals surface area contributed by atoms with Crippen molar-refractivity contribution in [1.29, 1.82) is 0 Å². The number of esters is 1. The van der Waals surface area contributed by atoms with Crippen LogP contribution in [-0.4, -0.2) is 31.4 Å². The van der Waals surface area contributed by atoms with Gasteiger partial charge in [0.15, 0.2) is 0 Å². The molecule has 0 heterocycles. The van der Waals surface area contributed by atoms with Crippen LogP contribution in [0.4, 0.5) is 4.39 Å². The summed E-state index contributed by atoms with van der Waals surface area (Å²) in [6, 6.07) is 11.2. The minimum atomic E-state index is -0.718. The molecule has 1 unspecified atom stereocenters. The predicted octanol–water partition coefficient (Wildman–Crippen LogP) is 2.63. The summed E-state index contributed by atoms with van der Waals surface area (Å²) in [7, 11) is 1.24. The molecule has 2 amide bonds. The summed E-state index contributed by atoms with van der Waals surface area (Å²) >= 11 is 6.14. The Morgan fingerprint density at radius 1 is 1.15 bits per heavy atom. The number of nitrogens with one attached hydrogen (secondary N) is 2. The van der Waals surface area contributed by atoms with Crippen molar-refractivity contribution in [3.63, 3.8) is 0 Å². The molecule has 1 atom stereocenters. The van der Waals surface area contributed by atoms with Crippen molar-refractivity contribution >= 4 is 29.4 Å². The van der Waals surface area contributed by atoms with Crippen molar-refractivity contribution in [3.05, 3.63) is 70.5 Å². The Balaban J connectivity index is 2.02. The lowest BCUT2D eigenvalue weighted by Crippen LogP contribution is -2.39. The molecule has 0 aliphatic heterocycles. The quantitative estimate of drug-likeness (QED) is 0.709. The number of carbonyl (C=O) groups is 3. The zero-order chi connectivity index (χ0) is 19.8. The molecule has 2 N–H and O–H groups in total. The highest BCUT2D eigenvalue weighted by Crippen LogP contribution is 2.25. The van der Waals surface area contributed by atoms with E-state index in [2.05, 4.69) is 15.4 Å². The molecule has 8 heteroatoms. The van der Waals surface area contributed by atoms with E-state index in [4.69, 9.17) is 11.6 Å². The van der Waals surface area contributed by atoms with Crippen molar-refractivity contribution in [2.24, 2.45) is 0 Å². The second-order valence-corrected chi connectivity index (χ2v) is 6.02. The van der Waals surface area contributed by atoms with Crippen LogP contribution in [0.1, 0.15) is 28.4 Å². The first-order valence-corrected chi connectivity index (χ1v) is 8.43. The van der Waals surface area contributed by atoms with Crippen LogP contribution in [0.5, 0.6) is 0 Å². The maximum atomic E-state index is 13.2. The fraction of sp³-hybridized carbons (Fsp3) is 0.211. The summed E-state index contributed by atoms with van der Waals surface area (Å²) in [6.45, 7) is -0.350. The number of benzene rings is 2. The summed E-state index contributed by atoms with van der Waals surface area (Å²) < 4.78 is 17.8. The number of carbonyl (C=O) groups excluding carboxylic acids is 3. The van der Waals surface area contributed by atoms with Crippen LogP contribution in [0.3, 0.4) is 0 Å². The van der Waals surface area contributed by atoms with Gasteiger partial charge in [0, 0.05) is 10.6 Å². The highest BCUT2D eigenvalue weighted by molar-refractivity contribution is 6.31. The largest absolute Gasteiger partial charge is 0.469 e. The maximum absolute atomic E-state index is 13.2. The molecule has 2 aromatic carbocycles. The lowest BCUT2D eigenvalue weighted by Gasteiger charge is -2.19. The van der Waals surface area contributed by atoms with Gasteiger partial charge in [0.05, 0.1) is 26.1 Å². The number of amides is 2. The number of hydrogen-bond donors (Lipinski definition) is 2. The van der Waals surface area contributed by atoms with E-state index < -0.39 is 29.6 Å². The Morgan fingerprint density at radius 2 is 1.89 bits per heavy atom. The van der Waals surface area contributed by atoms with Gasteiger partial charge in [-0.3, -0.25) is 14.4 Å². The third-order valence-corrected chi connectivity index (χ3v) is 4.05. The van der Waals surface area contributed by atoms with Crippen LogP contribution >= 0.6 is 11.6 Å². The van der Waals surface area contributed by atoms with Crippen molar-refractivity contribution in [1.82, 2.24) is 10.6 Å². The molecule has 0 aliphatic carbocycles. The number of methoxy groups -OCH3 is 1. The maximum Gasteiger partial charge on any atom is 0.307 e. The molecule has 6 nitrogen and oxygen atoms in total. The number of halogens is 2. The van der Waals surface area contributed by atoms with E-state index in [1.165, 1.54) is 25.3 Å². The fourth-order valence-electron chi connectivity index (χ4n) is 2.38. The Morgan fingerprint density at radius 3 is 2.56 bits per heavy atom. The zero-order valence-corrected chi connectivity index (χ0v) is 15.3. The molecule has 0 saturated heterocycles. The monoisotopic (exact) mass is 392 g/mol. The fourth-order valence-corrected chi connectivity index (χ4v) is 2.65. The van der Waals surface area contributed by atoms with Gasteiger partial charge in [0.1, 0.15) is 5.82 Å². The molecule has 0 bridgehead atoms. The van der Waals surface area contributed by atoms with E-state index in [9.17, 15) is 18.8 Å². The van der Waals surface area contributed by atoms with Crippen molar-refractivity contribution in [2.75, 3.05) is 13.7 Å². The second kappa shape index (κ2) is 9.68. The molecule has 2 rings (SSSR count). The van der Waals surface area contributed by atoms with E-state index in [1.54, 1.807) is 24.3 Å². The third kappa shape index (κ3) is 6.07. The average molecular weight is 393 g/mol. The number of ether oxygens (including phenoxy) is 1. The highest BCUT2D eigenvalue weighted by atomic mass is 35.5. The van der Waals surface area contributed by atoms with Crippen LogP contribution in [0.25, 0.3) is 0 Å². The van der Waals surface area contributed by atoms with Crippen LogP contribution in [0.2, 0.25) is 5.02 Å². The van der Waals surface area contributed by atoms with Crippen LogP contribution < -0.4 is 10.6 Å². The molecule has 0 radical (unpaired) electrons. The van der Waals surface area contributed by atoms with Crippen LogP contribution in [0.15, 0.2) is 48.5 Å². The Kier molecular flexibility index (Phi) is 7.31. The SMILES string of the molecule is COC(=O)CC(NC(=O)CNC(=O)c1cccc(F)c1)c1ccccc1Cl. The summed E-state index contributed by atoms with van der Waals surface area (Å²) in [6.07, 6.45) is -0.121. The minimum Gasteiger partial charge on any atom is -0.469 e. The first-order chi connectivity index (χ1) is 12.9. The first-order valence-electron chi connectivity index (χ1n) is 8.05. The Hall–Kier alpha value is -2.93. The van der Waals surface area contributed by atoms with E-state index >= 15 is 0 Å². The van der Waals surface area contributed by atoms with Gasteiger partial charge in [-0.15, -0.1) is 0 Å². The van der Waals surface area contributed by atoms with Crippen LogP contribution in [0, 0.1) is 5.82 Å². The molecular formula is C19H18ClFN2O4. The van der Waals surface area contributed by atoms with Crippen LogP contribution in [-0.2, 0) is 14.3 Å². The van der Waals surface area contributed by atoms with E-state index in [-0.39, 0.29) is 18.5 Å². The molecule has 0 spiro atoms. The average Bonchev–Trinajstić information content (AvgIpc) is 2.65. The van der Waals surface area contributed by atoms with Gasteiger partial charge in [-0.1, -0.05) is 35.9 Å². The molecule has 0 fully saturated rings. The third-order valence-electron chi connectivity index (χ3n) is 3.71. The van der Waals surface area contributed by atoms with E-state index in [0.29, 0.717) is 10.6 Å². The van der Waals surface area contributed by atoms with Gasteiger partial charge in [-0.2, -0.15) is 0 Å². The number of rotatable bonds is 7. The summed E-state index contributed by atoms with van der Waals surface area (Å²) in [5, 5.41) is 5.43. The predicted molar refractivity (Wildman–Crippen MR) is 97.7 cm³/mol. The summed E-state index contributed by atoms with van der Waals surface area (Å²) in [5.74, 6) is -2.20. The number of hydrogen-bond acceptors (Lipinski definition) is 4. The molecule has 0 aliphatic rings. The summed E-state index contributed by atoms with van der Waals surface area (Å²) in [4.78, 5) is 35.8. The van der Waals surface area contributed by atoms with Crippen molar-refractivity contribution < 1.29 is 23.5 Å². The zero-order valence-electron chi connectivity index (χ0n) is 14.5. The van der Waals surface area contributed by atoms with Gasteiger partial charge in [-0.05, 0) is 29.8 Å². The van der Waals surface area contributed by atoms with E-state index in [1.807, 2.05) is 0 Å². The smallest absolute Gasteiger partial charge is 0.307 e. The topological polar surface area (TPSA) is 84.5 Å². The normalized spacial score (nSPS) is 11.4. The Labute approximate surface area is 160 Å². The molecule has 27 heavy (non-hydrogen) atoms.